The molecule has 1 saturated carbocycles. The van der Waals surface area contributed by atoms with Gasteiger partial charge < -0.3 is 4.90 Å². The van der Waals surface area contributed by atoms with Crippen molar-refractivity contribution in [3.8, 4) is 0 Å². The van der Waals surface area contributed by atoms with Crippen molar-refractivity contribution in [2.45, 2.75) is 64.3 Å². The van der Waals surface area contributed by atoms with Crippen LogP contribution in [0.15, 0.2) is 49.1 Å². The molecule has 2 aliphatic carbocycles. The fourth-order valence-corrected chi connectivity index (χ4v) is 3.48. The van der Waals surface area contributed by atoms with Crippen molar-refractivity contribution in [1.82, 2.24) is 4.90 Å². The number of rotatable bonds is 6. The normalized spacial score (nSPS) is 20.0. The molecule has 124 valence electrons. The summed E-state index contributed by atoms with van der Waals surface area (Å²) in [6.07, 6.45) is 22.0. The van der Waals surface area contributed by atoms with Crippen LogP contribution in [-0.4, -0.2) is 24.5 Å². The van der Waals surface area contributed by atoms with Crippen LogP contribution in [0.4, 0.5) is 0 Å². The van der Waals surface area contributed by atoms with Gasteiger partial charge in [0.1, 0.15) is 0 Å². The van der Waals surface area contributed by atoms with Crippen LogP contribution in [0.2, 0.25) is 0 Å². The summed E-state index contributed by atoms with van der Waals surface area (Å²) in [7, 11) is 2.33. The third kappa shape index (κ3) is 7.26. The van der Waals surface area contributed by atoms with Crippen LogP contribution in [0, 0.1) is 5.92 Å². The SMILES string of the molecule is C=C.CC(CCC1=CCC=CC=C1)CN(C)C1CCCCC1. The monoisotopic (exact) mass is 301 g/mol. The van der Waals surface area contributed by atoms with E-state index in [1.165, 1.54) is 57.1 Å². The minimum atomic E-state index is 0.799. The van der Waals surface area contributed by atoms with Gasteiger partial charge >= 0.3 is 0 Å². The van der Waals surface area contributed by atoms with Crippen molar-refractivity contribution in [2.24, 2.45) is 5.92 Å². The van der Waals surface area contributed by atoms with Gasteiger partial charge in [0.2, 0.25) is 0 Å². The Bertz CT molecular complexity index is 371. The summed E-state index contributed by atoms with van der Waals surface area (Å²) in [5.74, 6) is 0.799. The molecule has 1 unspecified atom stereocenters. The van der Waals surface area contributed by atoms with E-state index in [9.17, 15) is 0 Å². The van der Waals surface area contributed by atoms with Crippen LogP contribution >= 0.6 is 0 Å². The molecule has 0 bridgehead atoms. The number of allylic oxidation sites excluding steroid dienone is 6. The Morgan fingerprint density at radius 3 is 2.64 bits per heavy atom. The minimum absolute atomic E-state index is 0.799. The first kappa shape index (κ1) is 19.0. The second-order valence-corrected chi connectivity index (χ2v) is 6.68. The Morgan fingerprint density at radius 2 is 1.91 bits per heavy atom. The predicted molar refractivity (Wildman–Crippen MR) is 100 cm³/mol. The van der Waals surface area contributed by atoms with Gasteiger partial charge in [0.15, 0.2) is 0 Å². The molecule has 1 heteroatoms. The number of hydrogen-bond donors (Lipinski definition) is 0. The molecule has 1 fully saturated rings. The average molecular weight is 302 g/mol. The highest BCUT2D eigenvalue weighted by molar-refractivity contribution is 5.26. The quantitative estimate of drug-likeness (QED) is 0.551. The van der Waals surface area contributed by atoms with E-state index in [2.05, 4.69) is 62.4 Å². The molecule has 0 saturated heterocycles. The lowest BCUT2D eigenvalue weighted by molar-refractivity contribution is 0.167. The maximum absolute atomic E-state index is 3.00. The average Bonchev–Trinajstić information content (AvgIpc) is 2.84. The second kappa shape index (κ2) is 11.5. The van der Waals surface area contributed by atoms with Gasteiger partial charge in [0.25, 0.3) is 0 Å². The van der Waals surface area contributed by atoms with E-state index in [-0.39, 0.29) is 0 Å². The molecule has 0 radical (unpaired) electrons. The molecular formula is C21H35N. The maximum Gasteiger partial charge on any atom is 0.00923 e. The van der Waals surface area contributed by atoms with Crippen molar-refractivity contribution in [3.05, 3.63) is 49.1 Å². The van der Waals surface area contributed by atoms with Crippen LogP contribution < -0.4 is 0 Å². The molecule has 2 rings (SSSR count). The highest BCUT2D eigenvalue weighted by Crippen LogP contribution is 2.23. The van der Waals surface area contributed by atoms with Gasteiger partial charge in [-0.3, -0.25) is 0 Å². The van der Waals surface area contributed by atoms with Crippen LogP contribution in [0.5, 0.6) is 0 Å². The Labute approximate surface area is 138 Å². The summed E-state index contributed by atoms with van der Waals surface area (Å²) < 4.78 is 0. The van der Waals surface area contributed by atoms with Crippen LogP contribution in [0.25, 0.3) is 0 Å². The molecule has 0 N–H and O–H groups in total. The van der Waals surface area contributed by atoms with Gasteiger partial charge in [0.05, 0.1) is 0 Å². The predicted octanol–water partition coefficient (Wildman–Crippen LogP) is 5.91. The lowest BCUT2D eigenvalue weighted by Gasteiger charge is -2.33. The van der Waals surface area contributed by atoms with Crippen molar-refractivity contribution in [3.63, 3.8) is 0 Å². The van der Waals surface area contributed by atoms with E-state index >= 15 is 0 Å². The van der Waals surface area contributed by atoms with Crippen molar-refractivity contribution >= 4 is 0 Å². The fourth-order valence-electron chi connectivity index (χ4n) is 3.48. The van der Waals surface area contributed by atoms with E-state index in [1.54, 1.807) is 0 Å². The molecule has 0 aromatic rings. The van der Waals surface area contributed by atoms with Gasteiger partial charge in [0, 0.05) is 12.6 Å². The highest BCUT2D eigenvalue weighted by Gasteiger charge is 2.19. The van der Waals surface area contributed by atoms with Gasteiger partial charge in [-0.1, -0.05) is 62.1 Å². The molecule has 0 aliphatic heterocycles. The fraction of sp³-hybridized carbons (Fsp3) is 0.619. The third-order valence-corrected chi connectivity index (χ3v) is 4.80. The molecule has 2 aliphatic rings. The molecule has 1 atom stereocenters. The molecule has 0 aromatic carbocycles. The first-order valence-electron chi connectivity index (χ1n) is 8.98. The van der Waals surface area contributed by atoms with Gasteiger partial charge in [-0.05, 0) is 45.1 Å². The first-order valence-corrected chi connectivity index (χ1v) is 8.98. The van der Waals surface area contributed by atoms with Crippen LogP contribution in [-0.2, 0) is 0 Å². The number of nitrogens with zero attached hydrogens (tertiary/aromatic N) is 1. The van der Waals surface area contributed by atoms with Crippen molar-refractivity contribution in [2.75, 3.05) is 13.6 Å². The smallest absolute Gasteiger partial charge is 0.00923 e. The zero-order chi connectivity index (χ0) is 16.2. The van der Waals surface area contributed by atoms with Crippen LogP contribution in [0.3, 0.4) is 0 Å². The Balaban J connectivity index is 0.00000116. The standard InChI is InChI=1S/C19H31N.C2H4/c1-17(14-15-18-10-6-3-4-7-11-18)16-20(2)19-12-8-5-9-13-19;1-2/h3-4,6,10-11,17,19H,5,7-9,12-16H2,1-2H3;1-2H2. The summed E-state index contributed by atoms with van der Waals surface area (Å²) in [4.78, 5) is 2.63. The Hall–Kier alpha value is -1.08. The summed E-state index contributed by atoms with van der Waals surface area (Å²) in [5, 5.41) is 0. The molecule has 0 amide bonds. The maximum atomic E-state index is 3.00. The summed E-state index contributed by atoms with van der Waals surface area (Å²) >= 11 is 0. The molecule has 1 nitrogen and oxygen atoms in total. The minimum Gasteiger partial charge on any atom is -0.303 e. The van der Waals surface area contributed by atoms with E-state index in [1.807, 2.05) is 0 Å². The second-order valence-electron chi connectivity index (χ2n) is 6.68. The Morgan fingerprint density at radius 1 is 1.18 bits per heavy atom. The van der Waals surface area contributed by atoms with Gasteiger partial charge in [-0.15, -0.1) is 13.2 Å². The number of hydrogen-bond acceptors (Lipinski definition) is 1. The molecule has 0 aromatic heterocycles. The zero-order valence-electron chi connectivity index (χ0n) is 14.8. The molecule has 0 heterocycles. The van der Waals surface area contributed by atoms with E-state index in [0.29, 0.717) is 0 Å². The lowest BCUT2D eigenvalue weighted by atomic mass is 9.93. The summed E-state index contributed by atoms with van der Waals surface area (Å²) in [5.41, 5.74) is 1.52. The molecular weight excluding hydrogens is 266 g/mol. The molecule has 22 heavy (non-hydrogen) atoms. The lowest BCUT2D eigenvalue weighted by Crippen LogP contribution is -2.36. The van der Waals surface area contributed by atoms with Crippen molar-refractivity contribution in [1.29, 1.82) is 0 Å². The van der Waals surface area contributed by atoms with Gasteiger partial charge in [-0.2, -0.15) is 0 Å². The zero-order valence-corrected chi connectivity index (χ0v) is 14.8. The summed E-state index contributed by atoms with van der Waals surface area (Å²) in [6, 6.07) is 0.854. The van der Waals surface area contributed by atoms with E-state index < -0.39 is 0 Å². The molecule has 0 spiro atoms. The van der Waals surface area contributed by atoms with E-state index in [0.717, 1.165) is 18.4 Å². The largest absolute Gasteiger partial charge is 0.303 e. The highest BCUT2D eigenvalue weighted by atomic mass is 15.1. The van der Waals surface area contributed by atoms with Gasteiger partial charge in [-0.25, -0.2) is 0 Å². The third-order valence-electron chi connectivity index (χ3n) is 4.80. The Kier molecular flexibility index (Phi) is 9.90. The first-order chi connectivity index (χ1) is 10.8. The van der Waals surface area contributed by atoms with Crippen LogP contribution in [0.1, 0.15) is 58.3 Å². The summed E-state index contributed by atoms with van der Waals surface area (Å²) in [6.45, 7) is 9.68. The van der Waals surface area contributed by atoms with Crippen molar-refractivity contribution < 1.29 is 0 Å². The topological polar surface area (TPSA) is 3.24 Å². The van der Waals surface area contributed by atoms with E-state index in [4.69, 9.17) is 0 Å².